The number of carboxylic acids is 1. The van der Waals surface area contributed by atoms with E-state index < -0.39 is 5.97 Å². The number of hydrogen-bond donors (Lipinski definition) is 1. The number of benzene rings is 1. The van der Waals surface area contributed by atoms with Crippen LogP contribution in [0.1, 0.15) is 35.7 Å². The molecule has 0 spiro atoms. The lowest BCUT2D eigenvalue weighted by Crippen LogP contribution is -2.35. The molecule has 1 aromatic carbocycles. The van der Waals surface area contributed by atoms with E-state index in [2.05, 4.69) is 0 Å². The Morgan fingerprint density at radius 2 is 2.15 bits per heavy atom. The number of hydrogen-bond acceptors (Lipinski definition) is 3. The Bertz CT molecular complexity index is 615. The molecular weight excluding hydrogens is 256 g/mol. The average Bonchev–Trinajstić information content (AvgIpc) is 2.37. The van der Waals surface area contributed by atoms with Gasteiger partial charge < -0.3 is 9.84 Å². The zero-order valence-corrected chi connectivity index (χ0v) is 11.3. The van der Waals surface area contributed by atoms with E-state index in [1.54, 1.807) is 0 Å². The normalized spacial score (nSPS) is 25.1. The van der Waals surface area contributed by atoms with E-state index >= 15 is 0 Å². The molecule has 0 fully saturated rings. The predicted molar refractivity (Wildman–Crippen MR) is 72.7 cm³/mol. The topological polar surface area (TPSA) is 63.6 Å². The van der Waals surface area contributed by atoms with Gasteiger partial charge in [-0.25, -0.2) is 0 Å². The fourth-order valence-corrected chi connectivity index (χ4v) is 3.18. The molecule has 3 rings (SSSR count). The Morgan fingerprint density at radius 3 is 2.90 bits per heavy atom. The minimum absolute atomic E-state index is 0.0169. The second-order valence-electron chi connectivity index (χ2n) is 5.38. The molecule has 4 nitrogen and oxygen atoms in total. The molecule has 0 aromatic heterocycles. The van der Waals surface area contributed by atoms with Gasteiger partial charge in [-0.2, -0.15) is 0 Å². The molecule has 0 bridgehead atoms. The van der Waals surface area contributed by atoms with Gasteiger partial charge in [0.15, 0.2) is 5.78 Å². The van der Waals surface area contributed by atoms with Crippen molar-refractivity contribution in [2.45, 2.75) is 38.4 Å². The number of carboxylic acid groups (broad SMARTS) is 1. The molecule has 1 N–H and O–H groups in total. The summed E-state index contributed by atoms with van der Waals surface area (Å²) in [5.74, 6) is -0.836. The molecule has 20 heavy (non-hydrogen) atoms. The molecule has 1 aliphatic carbocycles. The van der Waals surface area contributed by atoms with Gasteiger partial charge in [-0.1, -0.05) is 29.8 Å². The molecule has 1 heterocycles. The highest BCUT2D eigenvalue weighted by molar-refractivity contribution is 6.12. The average molecular weight is 272 g/mol. The number of carbonyl (C=O) groups excluding carboxylic acids is 1. The van der Waals surface area contributed by atoms with E-state index in [4.69, 9.17) is 9.84 Å². The molecular formula is C16H16O4. The fourth-order valence-electron chi connectivity index (χ4n) is 3.18. The SMILES string of the molecule is C[C@@H]1O[C@H](CC(=O)O)CC2=C1C(=O)c1ccccc1C2. The van der Waals surface area contributed by atoms with E-state index in [1.165, 1.54) is 0 Å². The van der Waals surface area contributed by atoms with Gasteiger partial charge in [0.1, 0.15) is 0 Å². The second kappa shape index (κ2) is 4.87. The number of ether oxygens (including phenoxy) is 1. The molecule has 0 saturated heterocycles. The van der Waals surface area contributed by atoms with Gasteiger partial charge >= 0.3 is 5.97 Å². The molecule has 1 aromatic rings. The van der Waals surface area contributed by atoms with Crippen LogP contribution in [0.15, 0.2) is 35.4 Å². The van der Waals surface area contributed by atoms with Crippen molar-refractivity contribution in [3.8, 4) is 0 Å². The Balaban J connectivity index is 1.94. The molecule has 0 saturated carbocycles. The predicted octanol–water partition coefficient (Wildman–Crippen LogP) is 2.37. The van der Waals surface area contributed by atoms with E-state index in [0.717, 1.165) is 28.7 Å². The molecule has 104 valence electrons. The Morgan fingerprint density at radius 1 is 1.40 bits per heavy atom. The number of carbonyl (C=O) groups is 2. The maximum absolute atomic E-state index is 12.5. The van der Waals surface area contributed by atoms with Crippen LogP contribution in [-0.2, 0) is 16.0 Å². The first kappa shape index (κ1) is 13.1. The maximum atomic E-state index is 12.5. The lowest BCUT2D eigenvalue weighted by Gasteiger charge is -2.34. The third kappa shape index (κ3) is 2.16. The van der Waals surface area contributed by atoms with Crippen LogP contribution in [0.4, 0.5) is 0 Å². The van der Waals surface area contributed by atoms with E-state index in [0.29, 0.717) is 6.42 Å². The summed E-state index contributed by atoms with van der Waals surface area (Å²) in [7, 11) is 0. The summed E-state index contributed by atoms with van der Waals surface area (Å²) < 4.78 is 5.69. The van der Waals surface area contributed by atoms with Gasteiger partial charge in [0.2, 0.25) is 0 Å². The van der Waals surface area contributed by atoms with Gasteiger partial charge in [-0.05, 0) is 25.3 Å². The molecule has 2 atom stereocenters. The third-order valence-corrected chi connectivity index (χ3v) is 3.97. The van der Waals surface area contributed by atoms with Crippen LogP contribution < -0.4 is 0 Å². The molecule has 2 aliphatic rings. The standard InChI is InChI=1S/C16H16O4/c1-9-15-11(7-12(20-9)8-14(17)18)6-10-4-2-3-5-13(10)16(15)19/h2-5,9,12H,6-8H2,1H3,(H,17,18)/t9-,12-/m0/s1. The number of aliphatic carboxylic acids is 1. The highest BCUT2D eigenvalue weighted by atomic mass is 16.5. The third-order valence-electron chi connectivity index (χ3n) is 3.97. The summed E-state index contributed by atoms with van der Waals surface area (Å²) in [6.07, 6.45) is 0.577. The molecule has 0 radical (unpaired) electrons. The van der Waals surface area contributed by atoms with Crippen molar-refractivity contribution in [3.63, 3.8) is 0 Å². The number of rotatable bonds is 2. The second-order valence-corrected chi connectivity index (χ2v) is 5.38. The molecule has 4 heteroatoms. The van der Waals surface area contributed by atoms with Gasteiger partial charge in [0, 0.05) is 11.1 Å². The van der Waals surface area contributed by atoms with Crippen LogP contribution in [0.3, 0.4) is 0 Å². The minimum Gasteiger partial charge on any atom is -0.481 e. The first-order valence-electron chi connectivity index (χ1n) is 6.78. The van der Waals surface area contributed by atoms with Crippen LogP contribution >= 0.6 is 0 Å². The van der Waals surface area contributed by atoms with Crippen molar-refractivity contribution in [1.29, 1.82) is 0 Å². The van der Waals surface area contributed by atoms with Crippen molar-refractivity contribution in [2.75, 3.05) is 0 Å². The Labute approximate surface area is 117 Å². The van der Waals surface area contributed by atoms with Crippen LogP contribution in [0.2, 0.25) is 0 Å². The fraction of sp³-hybridized carbons (Fsp3) is 0.375. The highest BCUT2D eigenvalue weighted by Gasteiger charge is 2.35. The number of fused-ring (bicyclic) bond motifs is 1. The quantitative estimate of drug-likeness (QED) is 0.897. The van der Waals surface area contributed by atoms with Crippen LogP contribution in [0.25, 0.3) is 0 Å². The molecule has 0 amide bonds. The molecule has 1 aliphatic heterocycles. The maximum Gasteiger partial charge on any atom is 0.305 e. The number of ketones is 1. The number of Topliss-reactive ketones (excluding diaryl/α,β-unsaturated/α-hetero) is 1. The largest absolute Gasteiger partial charge is 0.481 e. The zero-order chi connectivity index (χ0) is 14.3. The minimum atomic E-state index is -0.867. The van der Waals surface area contributed by atoms with Crippen molar-refractivity contribution >= 4 is 11.8 Å². The summed E-state index contributed by atoms with van der Waals surface area (Å²) >= 11 is 0. The summed E-state index contributed by atoms with van der Waals surface area (Å²) in [6, 6.07) is 7.60. The van der Waals surface area contributed by atoms with E-state index in [-0.39, 0.29) is 24.4 Å². The monoisotopic (exact) mass is 272 g/mol. The van der Waals surface area contributed by atoms with Crippen molar-refractivity contribution < 1.29 is 19.4 Å². The van der Waals surface area contributed by atoms with Crippen LogP contribution in [0.5, 0.6) is 0 Å². The van der Waals surface area contributed by atoms with Crippen molar-refractivity contribution in [3.05, 3.63) is 46.5 Å². The summed E-state index contributed by atoms with van der Waals surface area (Å²) in [5.41, 5.74) is 3.54. The van der Waals surface area contributed by atoms with Gasteiger partial charge in [-0.3, -0.25) is 9.59 Å². The molecule has 0 unspecified atom stereocenters. The smallest absolute Gasteiger partial charge is 0.305 e. The van der Waals surface area contributed by atoms with Crippen molar-refractivity contribution in [2.24, 2.45) is 0 Å². The summed E-state index contributed by atoms with van der Waals surface area (Å²) in [6.45, 7) is 1.83. The lowest BCUT2D eigenvalue weighted by molar-refractivity contribution is -0.141. The van der Waals surface area contributed by atoms with Crippen LogP contribution in [0, 0.1) is 0 Å². The summed E-state index contributed by atoms with van der Waals surface area (Å²) in [4.78, 5) is 23.4. The Hall–Kier alpha value is -1.94. The first-order valence-corrected chi connectivity index (χ1v) is 6.78. The van der Waals surface area contributed by atoms with Gasteiger partial charge in [0.05, 0.1) is 18.6 Å². The highest BCUT2D eigenvalue weighted by Crippen LogP contribution is 2.36. The van der Waals surface area contributed by atoms with E-state index in [1.807, 2.05) is 31.2 Å². The first-order chi connectivity index (χ1) is 9.56. The van der Waals surface area contributed by atoms with E-state index in [9.17, 15) is 9.59 Å². The van der Waals surface area contributed by atoms with Crippen molar-refractivity contribution in [1.82, 2.24) is 0 Å². The van der Waals surface area contributed by atoms with Crippen LogP contribution in [-0.4, -0.2) is 29.1 Å². The lowest BCUT2D eigenvalue weighted by atomic mass is 9.79. The summed E-state index contributed by atoms with van der Waals surface area (Å²) in [5, 5.41) is 8.89. The van der Waals surface area contributed by atoms with Gasteiger partial charge in [0.25, 0.3) is 0 Å². The Kier molecular flexibility index (Phi) is 3.18. The zero-order valence-electron chi connectivity index (χ0n) is 11.3. The van der Waals surface area contributed by atoms with Gasteiger partial charge in [-0.15, -0.1) is 0 Å².